The van der Waals surface area contributed by atoms with Crippen molar-refractivity contribution in [2.24, 2.45) is 0 Å². The minimum atomic E-state index is 0.0547. The van der Waals surface area contributed by atoms with Crippen LogP contribution in [-0.2, 0) is 0 Å². The van der Waals surface area contributed by atoms with Crippen LogP contribution in [0.5, 0.6) is 0 Å². The normalized spacial score (nSPS) is 18.1. The fourth-order valence-corrected chi connectivity index (χ4v) is 2.11. The molecule has 0 bridgehead atoms. The predicted molar refractivity (Wildman–Crippen MR) is 78.4 cm³/mol. The molecule has 0 radical (unpaired) electrons. The molecule has 1 aliphatic rings. The zero-order valence-electron chi connectivity index (χ0n) is 11.3. The largest absolute Gasteiger partial charge is 0.346 e. The van der Waals surface area contributed by atoms with Gasteiger partial charge in [0.05, 0.1) is 17.9 Å². The average molecular weight is 280 g/mol. The van der Waals surface area contributed by atoms with Crippen molar-refractivity contribution >= 4 is 17.3 Å². The van der Waals surface area contributed by atoms with Gasteiger partial charge in [-0.1, -0.05) is 0 Å². The Morgan fingerprint density at radius 2 is 2.05 bits per heavy atom. The molecule has 1 aromatic heterocycles. The molecule has 1 saturated heterocycles. The number of thiocarbonyl (C=S) groups is 1. The summed E-state index contributed by atoms with van der Waals surface area (Å²) < 4.78 is 0. The van der Waals surface area contributed by atoms with Gasteiger partial charge in [0.1, 0.15) is 0 Å². The van der Waals surface area contributed by atoms with Crippen molar-refractivity contribution in [2.75, 3.05) is 33.2 Å². The molecule has 0 saturated carbocycles. The molecule has 0 aromatic carbocycles. The van der Waals surface area contributed by atoms with Crippen molar-refractivity contribution in [1.82, 2.24) is 30.6 Å². The highest BCUT2D eigenvalue weighted by molar-refractivity contribution is 7.80. The third kappa shape index (κ3) is 4.09. The summed E-state index contributed by atoms with van der Waals surface area (Å²) in [4.78, 5) is 12.8. The Morgan fingerprint density at radius 3 is 2.68 bits per heavy atom. The summed E-state index contributed by atoms with van der Waals surface area (Å²) in [6, 6.07) is 0.0547. The summed E-state index contributed by atoms with van der Waals surface area (Å²) in [5.74, 6) is 0. The second kappa shape index (κ2) is 6.74. The second-order valence-electron chi connectivity index (χ2n) is 4.72. The zero-order valence-corrected chi connectivity index (χ0v) is 12.2. The lowest BCUT2D eigenvalue weighted by Gasteiger charge is -2.34. The lowest BCUT2D eigenvalue weighted by molar-refractivity contribution is 0.212. The van der Waals surface area contributed by atoms with Crippen LogP contribution in [0.3, 0.4) is 0 Å². The van der Waals surface area contributed by atoms with E-state index in [0.29, 0.717) is 0 Å². The van der Waals surface area contributed by atoms with E-state index >= 15 is 0 Å². The summed E-state index contributed by atoms with van der Waals surface area (Å²) in [5.41, 5.74) is 7.13. The van der Waals surface area contributed by atoms with Crippen LogP contribution >= 0.6 is 12.2 Å². The molecule has 1 atom stereocenters. The Bertz CT molecular complexity index is 404. The van der Waals surface area contributed by atoms with Crippen LogP contribution in [0.4, 0.5) is 0 Å². The van der Waals surface area contributed by atoms with E-state index in [4.69, 9.17) is 12.2 Å². The van der Waals surface area contributed by atoms with Crippen LogP contribution in [0, 0.1) is 0 Å². The maximum absolute atomic E-state index is 5.38. The maximum atomic E-state index is 5.38. The van der Waals surface area contributed by atoms with E-state index in [1.54, 1.807) is 18.6 Å². The van der Waals surface area contributed by atoms with Crippen molar-refractivity contribution in [3.05, 3.63) is 24.3 Å². The molecule has 1 unspecified atom stereocenters. The van der Waals surface area contributed by atoms with Crippen LogP contribution in [0.2, 0.25) is 0 Å². The molecule has 0 aliphatic carbocycles. The number of piperazine rings is 1. The highest BCUT2D eigenvalue weighted by Gasteiger charge is 2.16. The monoisotopic (exact) mass is 280 g/mol. The van der Waals surface area contributed by atoms with Gasteiger partial charge in [-0.3, -0.25) is 15.4 Å². The van der Waals surface area contributed by atoms with E-state index in [9.17, 15) is 0 Å². The number of rotatable bonds is 3. The number of nitrogens with one attached hydrogen (secondary N) is 2. The van der Waals surface area contributed by atoms with Gasteiger partial charge in [-0.2, -0.15) is 0 Å². The third-order valence-corrected chi connectivity index (χ3v) is 3.57. The molecule has 6 nitrogen and oxygen atoms in total. The van der Waals surface area contributed by atoms with Crippen molar-refractivity contribution in [3.63, 3.8) is 0 Å². The van der Waals surface area contributed by atoms with Gasteiger partial charge in [0.15, 0.2) is 5.11 Å². The number of hydrogen-bond acceptors (Lipinski definition) is 5. The van der Waals surface area contributed by atoms with Gasteiger partial charge in [-0.25, -0.2) is 5.43 Å². The van der Waals surface area contributed by atoms with Gasteiger partial charge in [0, 0.05) is 38.6 Å². The summed E-state index contributed by atoms with van der Waals surface area (Å²) in [7, 11) is 2.13. The Hall–Kier alpha value is -1.31. The van der Waals surface area contributed by atoms with E-state index in [0.717, 1.165) is 37.0 Å². The first kappa shape index (κ1) is 14.1. The molecule has 2 N–H and O–H groups in total. The Labute approximate surface area is 119 Å². The van der Waals surface area contributed by atoms with E-state index in [1.165, 1.54) is 0 Å². The smallest absolute Gasteiger partial charge is 0.183 e. The Balaban J connectivity index is 1.77. The first-order valence-corrected chi connectivity index (χ1v) is 6.82. The molecular weight excluding hydrogens is 260 g/mol. The SMILES string of the molecule is CC(NNC(=S)N1CCN(C)CC1)c1cnccn1. The van der Waals surface area contributed by atoms with Gasteiger partial charge in [0.25, 0.3) is 0 Å². The van der Waals surface area contributed by atoms with Crippen molar-refractivity contribution in [3.8, 4) is 0 Å². The first-order chi connectivity index (χ1) is 9.16. The number of hydrogen-bond donors (Lipinski definition) is 2. The van der Waals surface area contributed by atoms with Gasteiger partial charge in [-0.15, -0.1) is 0 Å². The fraction of sp³-hybridized carbons (Fsp3) is 0.583. The Morgan fingerprint density at radius 1 is 1.32 bits per heavy atom. The highest BCUT2D eigenvalue weighted by Crippen LogP contribution is 2.05. The van der Waals surface area contributed by atoms with Crippen molar-refractivity contribution < 1.29 is 0 Å². The highest BCUT2D eigenvalue weighted by atomic mass is 32.1. The van der Waals surface area contributed by atoms with Gasteiger partial charge >= 0.3 is 0 Å². The summed E-state index contributed by atoms with van der Waals surface area (Å²) >= 11 is 5.38. The second-order valence-corrected chi connectivity index (χ2v) is 5.10. The van der Waals surface area contributed by atoms with Gasteiger partial charge in [0.2, 0.25) is 0 Å². The van der Waals surface area contributed by atoms with Crippen LogP contribution < -0.4 is 10.9 Å². The topological polar surface area (TPSA) is 56.3 Å². The van der Waals surface area contributed by atoms with E-state index < -0.39 is 0 Å². The molecule has 0 amide bonds. The third-order valence-electron chi connectivity index (χ3n) is 3.21. The molecule has 2 heterocycles. The van der Waals surface area contributed by atoms with Gasteiger partial charge in [-0.05, 0) is 26.2 Å². The number of aromatic nitrogens is 2. The number of likely N-dealkylation sites (N-methyl/N-ethyl adjacent to an activating group) is 1. The number of hydrazine groups is 1. The van der Waals surface area contributed by atoms with Crippen LogP contribution in [-0.4, -0.2) is 58.1 Å². The van der Waals surface area contributed by atoms with E-state index in [2.05, 4.69) is 37.7 Å². The van der Waals surface area contributed by atoms with Gasteiger partial charge < -0.3 is 9.80 Å². The molecule has 2 rings (SSSR count). The zero-order chi connectivity index (χ0) is 13.7. The number of nitrogens with zero attached hydrogens (tertiary/aromatic N) is 4. The summed E-state index contributed by atoms with van der Waals surface area (Å²) in [5, 5.41) is 0.740. The van der Waals surface area contributed by atoms with Crippen molar-refractivity contribution in [1.29, 1.82) is 0 Å². The maximum Gasteiger partial charge on any atom is 0.183 e. The molecule has 0 spiro atoms. The molecule has 1 aromatic rings. The minimum absolute atomic E-state index is 0.0547. The summed E-state index contributed by atoms with van der Waals surface area (Å²) in [6.45, 7) is 6.03. The fourth-order valence-electron chi connectivity index (χ4n) is 1.87. The van der Waals surface area contributed by atoms with E-state index in [-0.39, 0.29) is 6.04 Å². The van der Waals surface area contributed by atoms with Crippen LogP contribution in [0.1, 0.15) is 18.7 Å². The standard InChI is InChI=1S/C12H20N6S/c1-10(11-9-13-3-4-14-11)15-16-12(19)18-7-5-17(2)6-8-18/h3-4,9-10,15H,5-8H2,1-2H3,(H,16,19). The molecule has 19 heavy (non-hydrogen) atoms. The Kier molecular flexibility index (Phi) is 5.00. The molecule has 1 fully saturated rings. The van der Waals surface area contributed by atoms with Crippen LogP contribution in [0.25, 0.3) is 0 Å². The summed E-state index contributed by atoms with van der Waals surface area (Å²) in [6.07, 6.45) is 5.10. The molecular formula is C12H20N6S. The van der Waals surface area contributed by atoms with Crippen LogP contribution in [0.15, 0.2) is 18.6 Å². The predicted octanol–water partition coefficient (Wildman–Crippen LogP) is 0.164. The molecule has 7 heteroatoms. The molecule has 1 aliphatic heterocycles. The van der Waals surface area contributed by atoms with Crippen molar-refractivity contribution in [2.45, 2.75) is 13.0 Å². The lowest BCUT2D eigenvalue weighted by Crippen LogP contribution is -2.53. The lowest BCUT2D eigenvalue weighted by atomic mass is 10.3. The first-order valence-electron chi connectivity index (χ1n) is 6.41. The average Bonchev–Trinajstić information content (AvgIpc) is 2.46. The van der Waals surface area contributed by atoms with E-state index in [1.807, 2.05) is 6.92 Å². The molecule has 104 valence electrons. The minimum Gasteiger partial charge on any atom is -0.346 e. The quantitative estimate of drug-likeness (QED) is 0.604.